The third kappa shape index (κ3) is 9.32. The SMILES string of the molecule is C=N/C=C\NC.CN.Cc1cccc(-c2cc(=O)[n-]c3ccc(Cc4ccc(Cl)cc4)cc23)c1.[Au+]. The van der Waals surface area contributed by atoms with Crippen LogP contribution in [0.25, 0.3) is 22.0 Å². The van der Waals surface area contributed by atoms with Crippen molar-refractivity contribution < 1.29 is 22.4 Å². The Morgan fingerprint density at radius 1 is 1.03 bits per heavy atom. The molecule has 0 aliphatic heterocycles. The zero-order valence-electron chi connectivity index (χ0n) is 20.1. The van der Waals surface area contributed by atoms with Gasteiger partial charge in [-0.25, -0.2) is 0 Å². The third-order valence-corrected chi connectivity index (χ3v) is 5.10. The van der Waals surface area contributed by atoms with Gasteiger partial charge >= 0.3 is 22.4 Å². The topological polar surface area (TPSA) is 81.6 Å². The maximum Gasteiger partial charge on any atom is 1.00 e. The molecule has 3 aromatic carbocycles. The van der Waals surface area contributed by atoms with Crippen molar-refractivity contribution in [2.45, 2.75) is 13.3 Å². The van der Waals surface area contributed by atoms with Gasteiger partial charge in [-0.1, -0.05) is 71.8 Å². The van der Waals surface area contributed by atoms with Gasteiger partial charge in [-0.05, 0) is 72.9 Å². The summed E-state index contributed by atoms with van der Waals surface area (Å²) in [6, 6.07) is 23.8. The molecule has 4 aromatic rings. The largest absolute Gasteiger partial charge is 1.00 e. The second-order valence-corrected chi connectivity index (χ2v) is 7.76. The van der Waals surface area contributed by atoms with Crippen LogP contribution in [0.4, 0.5) is 0 Å². The summed E-state index contributed by atoms with van der Waals surface area (Å²) in [6.45, 7) is 5.27. The van der Waals surface area contributed by atoms with E-state index in [4.69, 9.17) is 11.6 Å². The van der Waals surface area contributed by atoms with E-state index in [-0.39, 0.29) is 27.9 Å². The molecule has 5 nitrogen and oxygen atoms in total. The fraction of sp³-hybridized carbons (Fsp3) is 0.143. The molecule has 0 amide bonds. The molecule has 35 heavy (non-hydrogen) atoms. The summed E-state index contributed by atoms with van der Waals surface area (Å²) in [6.07, 6.45) is 4.09. The number of aliphatic imine (C=N–C) groups is 1. The van der Waals surface area contributed by atoms with E-state index in [2.05, 4.69) is 52.9 Å². The van der Waals surface area contributed by atoms with Crippen molar-refractivity contribution in [1.82, 2.24) is 10.3 Å². The minimum atomic E-state index is -0.209. The minimum Gasteiger partial charge on any atom is -0.623 e. The van der Waals surface area contributed by atoms with E-state index in [9.17, 15) is 4.79 Å². The number of aryl methyl sites for hydroxylation is 1. The average molecular weight is 671 g/mol. The summed E-state index contributed by atoms with van der Waals surface area (Å²) < 4.78 is 0. The van der Waals surface area contributed by atoms with Gasteiger partial charge in [0.05, 0.1) is 5.56 Å². The van der Waals surface area contributed by atoms with Gasteiger partial charge in [0, 0.05) is 24.5 Å². The first-order valence-electron chi connectivity index (χ1n) is 10.8. The first kappa shape index (κ1) is 30.1. The molecule has 0 bridgehead atoms. The maximum atomic E-state index is 12.0. The molecule has 186 valence electrons. The van der Waals surface area contributed by atoms with Crippen LogP contribution in [0.3, 0.4) is 0 Å². The van der Waals surface area contributed by atoms with E-state index in [0.29, 0.717) is 0 Å². The number of nitrogens with zero attached hydrogens (tertiary/aromatic N) is 2. The summed E-state index contributed by atoms with van der Waals surface area (Å²) in [4.78, 5) is 19.7. The maximum absolute atomic E-state index is 12.0. The number of rotatable bonds is 5. The van der Waals surface area contributed by atoms with Crippen LogP contribution in [0.1, 0.15) is 16.7 Å². The summed E-state index contributed by atoms with van der Waals surface area (Å²) >= 11 is 5.97. The number of pyridine rings is 1. The monoisotopic (exact) mass is 670 g/mol. The zero-order valence-corrected chi connectivity index (χ0v) is 23.0. The fourth-order valence-electron chi connectivity index (χ4n) is 3.38. The molecule has 0 spiro atoms. The second kappa shape index (κ2) is 15.9. The summed E-state index contributed by atoms with van der Waals surface area (Å²) in [7, 11) is 3.31. The number of benzene rings is 3. The van der Waals surface area contributed by atoms with Crippen LogP contribution in [0.2, 0.25) is 5.02 Å². The minimum absolute atomic E-state index is 0. The van der Waals surface area contributed by atoms with E-state index >= 15 is 0 Å². The van der Waals surface area contributed by atoms with E-state index in [1.807, 2.05) is 55.6 Å². The van der Waals surface area contributed by atoms with Gasteiger partial charge in [-0.15, -0.1) is 5.52 Å². The molecular weight excluding hydrogens is 641 g/mol. The Kier molecular flexibility index (Phi) is 13.7. The van der Waals surface area contributed by atoms with Crippen LogP contribution in [0.5, 0.6) is 0 Å². The second-order valence-electron chi connectivity index (χ2n) is 7.32. The Hall–Kier alpha value is -2.93. The van der Waals surface area contributed by atoms with Crippen molar-refractivity contribution in [3.05, 3.63) is 117 Å². The molecule has 7 heteroatoms. The summed E-state index contributed by atoms with van der Waals surface area (Å²) in [5.74, 6) is 0. The van der Waals surface area contributed by atoms with Crippen molar-refractivity contribution in [1.29, 1.82) is 0 Å². The molecule has 0 fully saturated rings. The smallest absolute Gasteiger partial charge is 0.623 e. The Balaban J connectivity index is 0.000000599. The van der Waals surface area contributed by atoms with Crippen LogP contribution < -0.4 is 21.6 Å². The fourth-order valence-corrected chi connectivity index (χ4v) is 3.50. The van der Waals surface area contributed by atoms with Crippen LogP contribution in [0, 0.1) is 6.92 Å². The zero-order chi connectivity index (χ0) is 24.9. The predicted molar refractivity (Wildman–Crippen MR) is 146 cm³/mol. The van der Waals surface area contributed by atoms with Crippen LogP contribution >= 0.6 is 11.6 Å². The van der Waals surface area contributed by atoms with Gasteiger partial charge in [0.1, 0.15) is 0 Å². The van der Waals surface area contributed by atoms with Gasteiger partial charge < -0.3 is 20.8 Å². The number of hydrogen-bond acceptors (Lipinski definition) is 4. The first-order chi connectivity index (χ1) is 16.5. The number of hydrogen-bond donors (Lipinski definition) is 2. The first-order valence-corrected chi connectivity index (χ1v) is 11.2. The van der Waals surface area contributed by atoms with Crippen molar-refractivity contribution in [2.24, 2.45) is 10.7 Å². The van der Waals surface area contributed by atoms with Crippen LogP contribution in [0.15, 0.2) is 95.0 Å². The number of fused-ring (bicyclic) bond motifs is 1. The third-order valence-electron chi connectivity index (χ3n) is 4.85. The molecular formula is C28H30AuClN4O. The molecule has 0 aliphatic carbocycles. The van der Waals surface area contributed by atoms with Gasteiger partial charge in [-0.3, -0.25) is 4.99 Å². The molecule has 0 atom stereocenters. The standard InChI is InChI=1S/C23H18ClNO.C4H8N2.CH5N.Au/c1-15-3-2-4-18(11-15)20-14-23(26)25-22-10-7-17(13-21(20)22)12-16-5-8-19(24)9-6-16;1-5-3-4-6-2;1-2;/h2-11,13-14H,12H2,1H3,(H,25,26);3-4,6H,1H2,2H3;2H2,1H3;/q;;;+1/p-1/b;4-3-;;. The Morgan fingerprint density at radius 2 is 1.71 bits per heavy atom. The van der Waals surface area contributed by atoms with Gasteiger partial charge in [0.2, 0.25) is 0 Å². The predicted octanol–water partition coefficient (Wildman–Crippen LogP) is 5.33. The molecule has 0 saturated carbocycles. The molecule has 0 radical (unpaired) electrons. The van der Waals surface area contributed by atoms with E-state index in [0.717, 1.165) is 39.0 Å². The molecule has 0 unspecified atom stereocenters. The van der Waals surface area contributed by atoms with Gasteiger partial charge in [-0.2, -0.15) is 0 Å². The summed E-state index contributed by atoms with van der Waals surface area (Å²) in [5.41, 5.74) is 10.5. The number of nitrogens with two attached hydrogens (primary N) is 1. The van der Waals surface area contributed by atoms with Gasteiger partial charge in [0.25, 0.3) is 0 Å². The van der Waals surface area contributed by atoms with Crippen LogP contribution in [-0.2, 0) is 28.8 Å². The number of aromatic nitrogens is 1. The molecule has 3 N–H and O–H groups in total. The molecule has 0 saturated heterocycles. The Morgan fingerprint density at radius 3 is 2.31 bits per heavy atom. The quantitative estimate of drug-likeness (QED) is 0.222. The van der Waals surface area contributed by atoms with E-state index in [1.165, 1.54) is 18.2 Å². The molecule has 0 aliphatic rings. The number of nitrogens with one attached hydrogen (secondary N) is 1. The van der Waals surface area contributed by atoms with Crippen molar-refractivity contribution in [3.8, 4) is 11.1 Å². The van der Waals surface area contributed by atoms with Crippen molar-refractivity contribution >= 4 is 29.2 Å². The summed E-state index contributed by atoms with van der Waals surface area (Å²) in [5, 5.41) is 4.49. The van der Waals surface area contributed by atoms with E-state index < -0.39 is 0 Å². The number of halogens is 1. The van der Waals surface area contributed by atoms with Crippen LogP contribution in [-0.4, -0.2) is 20.8 Å². The molecule has 1 heterocycles. The molecule has 1 aromatic heterocycles. The van der Waals surface area contributed by atoms with Gasteiger partial charge in [0.15, 0.2) is 0 Å². The average Bonchev–Trinajstić information content (AvgIpc) is 2.85. The molecule has 4 rings (SSSR count). The Bertz CT molecular complexity index is 1300. The van der Waals surface area contributed by atoms with Crippen molar-refractivity contribution in [3.63, 3.8) is 0 Å². The normalized spacial score (nSPS) is 9.86. The Labute approximate surface area is 227 Å². The van der Waals surface area contributed by atoms with Crippen molar-refractivity contribution in [2.75, 3.05) is 14.1 Å². The van der Waals surface area contributed by atoms with E-state index in [1.54, 1.807) is 18.5 Å².